The van der Waals surface area contributed by atoms with E-state index in [4.69, 9.17) is 4.74 Å². The van der Waals surface area contributed by atoms with Gasteiger partial charge in [-0.3, -0.25) is 0 Å². The van der Waals surface area contributed by atoms with Crippen LogP contribution in [0.4, 0.5) is 0 Å². The molecule has 3 heteroatoms. The Balaban J connectivity index is 1.66. The zero-order valence-corrected chi connectivity index (χ0v) is 16.5. The highest BCUT2D eigenvalue weighted by Crippen LogP contribution is 2.44. The maximum Gasteiger partial charge on any atom is 0.216 e. The molecule has 0 radical (unpaired) electrons. The van der Waals surface area contributed by atoms with Gasteiger partial charge in [-0.15, -0.1) is 0 Å². The fraction of sp³-hybridized carbons (Fsp3) is 0.609. The highest BCUT2D eigenvalue weighted by Gasteiger charge is 2.45. The van der Waals surface area contributed by atoms with Gasteiger partial charge in [0.1, 0.15) is 6.61 Å². The summed E-state index contributed by atoms with van der Waals surface area (Å²) >= 11 is 0. The van der Waals surface area contributed by atoms with Crippen LogP contribution in [-0.2, 0) is 5.54 Å². The van der Waals surface area contributed by atoms with E-state index in [-0.39, 0.29) is 5.54 Å². The predicted octanol–water partition coefficient (Wildman–Crippen LogP) is 6.31. The molecule has 0 aromatic carbocycles. The predicted molar refractivity (Wildman–Crippen MR) is 108 cm³/mol. The molecule has 26 heavy (non-hydrogen) atoms. The van der Waals surface area contributed by atoms with Gasteiger partial charge in [-0.05, 0) is 49.8 Å². The van der Waals surface area contributed by atoms with Gasteiger partial charge in [-0.2, -0.15) is 0 Å². The lowest BCUT2D eigenvalue weighted by Crippen LogP contribution is -2.24. The van der Waals surface area contributed by atoms with Crippen molar-refractivity contribution >= 4 is 0 Å². The molecule has 2 aromatic rings. The SMILES string of the molecule is CCCCCCC(CCC)c1cccnc1OCC1(n2cccc2)CC1. The molecule has 1 atom stereocenters. The quantitative estimate of drug-likeness (QED) is 0.418. The van der Waals surface area contributed by atoms with Crippen LogP contribution in [0.5, 0.6) is 5.88 Å². The van der Waals surface area contributed by atoms with Crippen LogP contribution in [0.2, 0.25) is 0 Å². The van der Waals surface area contributed by atoms with E-state index in [0.717, 1.165) is 12.5 Å². The summed E-state index contributed by atoms with van der Waals surface area (Å²) in [6.45, 7) is 5.27. The van der Waals surface area contributed by atoms with Gasteiger partial charge in [0, 0.05) is 24.2 Å². The number of pyridine rings is 1. The summed E-state index contributed by atoms with van der Waals surface area (Å²) in [6.07, 6.45) is 17.5. The minimum absolute atomic E-state index is 0.152. The van der Waals surface area contributed by atoms with Crippen molar-refractivity contribution in [1.82, 2.24) is 9.55 Å². The highest BCUT2D eigenvalue weighted by molar-refractivity contribution is 5.30. The van der Waals surface area contributed by atoms with Gasteiger partial charge in [0.15, 0.2) is 0 Å². The van der Waals surface area contributed by atoms with Crippen LogP contribution in [0.15, 0.2) is 42.9 Å². The van der Waals surface area contributed by atoms with Crippen LogP contribution in [-0.4, -0.2) is 16.2 Å². The molecule has 2 heterocycles. The van der Waals surface area contributed by atoms with Gasteiger partial charge < -0.3 is 9.30 Å². The van der Waals surface area contributed by atoms with Crippen LogP contribution in [0.3, 0.4) is 0 Å². The summed E-state index contributed by atoms with van der Waals surface area (Å²) in [7, 11) is 0. The maximum absolute atomic E-state index is 6.31. The molecule has 0 amide bonds. The summed E-state index contributed by atoms with van der Waals surface area (Å²) in [5.74, 6) is 1.43. The average Bonchev–Trinajstić information content (AvgIpc) is 3.25. The molecule has 1 aliphatic carbocycles. The Kier molecular flexibility index (Phi) is 6.76. The molecule has 0 aliphatic heterocycles. The number of hydrogen-bond donors (Lipinski definition) is 0. The first kappa shape index (κ1) is 19.0. The first-order chi connectivity index (χ1) is 12.8. The van der Waals surface area contributed by atoms with Crippen LogP contribution >= 0.6 is 0 Å². The smallest absolute Gasteiger partial charge is 0.216 e. The number of ether oxygens (including phenoxy) is 1. The van der Waals surface area contributed by atoms with Crippen LogP contribution < -0.4 is 4.74 Å². The van der Waals surface area contributed by atoms with Crippen molar-refractivity contribution in [2.45, 2.75) is 83.1 Å². The fourth-order valence-electron chi connectivity index (χ4n) is 3.93. The highest BCUT2D eigenvalue weighted by atomic mass is 16.5. The topological polar surface area (TPSA) is 27.1 Å². The molecule has 0 spiro atoms. The third kappa shape index (κ3) is 4.69. The van der Waals surface area contributed by atoms with Crippen molar-refractivity contribution < 1.29 is 4.74 Å². The van der Waals surface area contributed by atoms with E-state index in [9.17, 15) is 0 Å². The second kappa shape index (κ2) is 9.25. The Morgan fingerprint density at radius 3 is 2.54 bits per heavy atom. The number of unbranched alkanes of at least 4 members (excludes halogenated alkanes) is 3. The zero-order chi connectivity index (χ0) is 18.2. The Hall–Kier alpha value is -1.77. The van der Waals surface area contributed by atoms with E-state index in [1.807, 2.05) is 6.20 Å². The molecule has 3 rings (SSSR count). The van der Waals surface area contributed by atoms with Crippen molar-refractivity contribution in [1.29, 1.82) is 0 Å². The Labute approximate surface area is 158 Å². The molecule has 1 fully saturated rings. The molecule has 0 N–H and O–H groups in total. The summed E-state index contributed by atoms with van der Waals surface area (Å²) in [5, 5.41) is 0. The largest absolute Gasteiger partial charge is 0.475 e. The van der Waals surface area contributed by atoms with E-state index < -0.39 is 0 Å². The molecule has 2 aromatic heterocycles. The number of hydrogen-bond acceptors (Lipinski definition) is 2. The molecule has 1 unspecified atom stereocenters. The van der Waals surface area contributed by atoms with E-state index in [1.54, 1.807) is 0 Å². The third-order valence-corrected chi connectivity index (χ3v) is 5.74. The Morgan fingerprint density at radius 2 is 1.85 bits per heavy atom. The van der Waals surface area contributed by atoms with Crippen molar-refractivity contribution in [2.75, 3.05) is 6.61 Å². The number of rotatable bonds is 12. The van der Waals surface area contributed by atoms with Gasteiger partial charge in [0.2, 0.25) is 5.88 Å². The Bertz CT molecular complexity index is 646. The van der Waals surface area contributed by atoms with E-state index in [0.29, 0.717) is 5.92 Å². The van der Waals surface area contributed by atoms with E-state index >= 15 is 0 Å². The fourth-order valence-corrected chi connectivity index (χ4v) is 3.93. The first-order valence-electron chi connectivity index (χ1n) is 10.5. The van der Waals surface area contributed by atoms with Gasteiger partial charge in [0.25, 0.3) is 0 Å². The minimum Gasteiger partial charge on any atom is -0.475 e. The summed E-state index contributed by atoms with van der Waals surface area (Å²) < 4.78 is 8.62. The number of aromatic nitrogens is 2. The molecule has 1 saturated carbocycles. The lowest BCUT2D eigenvalue weighted by atomic mass is 9.90. The van der Waals surface area contributed by atoms with Gasteiger partial charge in [-0.25, -0.2) is 4.98 Å². The summed E-state index contributed by atoms with van der Waals surface area (Å²) in [5.41, 5.74) is 1.47. The van der Waals surface area contributed by atoms with Crippen molar-refractivity contribution in [3.8, 4) is 5.88 Å². The minimum atomic E-state index is 0.152. The first-order valence-corrected chi connectivity index (χ1v) is 10.5. The second-order valence-corrected chi connectivity index (χ2v) is 7.84. The van der Waals surface area contributed by atoms with Crippen LogP contribution in [0.1, 0.15) is 83.1 Å². The normalized spacial score (nSPS) is 16.4. The lowest BCUT2D eigenvalue weighted by Gasteiger charge is -2.22. The monoisotopic (exact) mass is 354 g/mol. The van der Waals surface area contributed by atoms with Crippen molar-refractivity contribution in [3.05, 3.63) is 48.4 Å². The molecule has 0 bridgehead atoms. The maximum atomic E-state index is 6.31. The molecule has 142 valence electrons. The number of nitrogens with zero attached hydrogens (tertiary/aromatic N) is 2. The lowest BCUT2D eigenvalue weighted by molar-refractivity contribution is 0.223. The van der Waals surface area contributed by atoms with Gasteiger partial charge >= 0.3 is 0 Å². The zero-order valence-electron chi connectivity index (χ0n) is 16.5. The molecule has 3 nitrogen and oxygen atoms in total. The average molecular weight is 355 g/mol. The molecular formula is C23H34N2O. The van der Waals surface area contributed by atoms with Gasteiger partial charge in [0.05, 0.1) is 5.54 Å². The molecule has 1 aliphatic rings. The summed E-state index contributed by atoms with van der Waals surface area (Å²) in [4.78, 5) is 4.61. The van der Waals surface area contributed by atoms with E-state index in [1.165, 1.54) is 63.4 Å². The third-order valence-electron chi connectivity index (χ3n) is 5.74. The molecular weight excluding hydrogens is 320 g/mol. The summed E-state index contributed by atoms with van der Waals surface area (Å²) in [6, 6.07) is 8.49. The van der Waals surface area contributed by atoms with Crippen LogP contribution in [0, 0.1) is 0 Å². The standard InChI is InChI=1S/C23H34N2O/c1-3-5-6-7-12-20(11-4-2)21-13-10-16-24-22(21)26-19-23(14-15-23)25-17-8-9-18-25/h8-10,13,16-18,20H,3-7,11-12,14-15,19H2,1-2H3. The van der Waals surface area contributed by atoms with E-state index in [2.05, 4.69) is 60.1 Å². The molecule has 0 saturated heterocycles. The van der Waals surface area contributed by atoms with Crippen molar-refractivity contribution in [2.24, 2.45) is 0 Å². The van der Waals surface area contributed by atoms with Crippen molar-refractivity contribution in [3.63, 3.8) is 0 Å². The Morgan fingerprint density at radius 1 is 1.04 bits per heavy atom. The van der Waals surface area contributed by atoms with Crippen LogP contribution in [0.25, 0.3) is 0 Å². The van der Waals surface area contributed by atoms with Gasteiger partial charge in [-0.1, -0.05) is 52.0 Å². The second-order valence-electron chi connectivity index (χ2n) is 7.84.